The quantitative estimate of drug-likeness (QED) is 0.816. The van der Waals surface area contributed by atoms with Crippen molar-refractivity contribution in [3.05, 3.63) is 30.2 Å². The molecule has 110 valence electrons. The molecule has 1 atom stereocenters. The maximum absolute atomic E-state index is 11.6. The van der Waals surface area contributed by atoms with Gasteiger partial charge in [-0.3, -0.25) is 4.90 Å². The standard InChI is InChI=1S/C14H20N2O3S/c1-4-20(17,18)10-11(2)16(3)9-14-15-12-7-5-6-8-13(12)19-14/h5-8,11H,4,9-10H2,1-3H3/t11-/m1/s1. The van der Waals surface area contributed by atoms with E-state index >= 15 is 0 Å². The maximum Gasteiger partial charge on any atom is 0.209 e. The highest BCUT2D eigenvalue weighted by molar-refractivity contribution is 7.91. The fraction of sp³-hybridized carbons (Fsp3) is 0.500. The third-order valence-electron chi connectivity index (χ3n) is 3.41. The van der Waals surface area contributed by atoms with Crippen molar-refractivity contribution in [2.75, 3.05) is 18.6 Å². The summed E-state index contributed by atoms with van der Waals surface area (Å²) < 4.78 is 28.9. The van der Waals surface area contributed by atoms with Gasteiger partial charge in [-0.1, -0.05) is 19.1 Å². The molecule has 5 nitrogen and oxygen atoms in total. The summed E-state index contributed by atoms with van der Waals surface area (Å²) in [4.78, 5) is 6.34. The minimum Gasteiger partial charge on any atom is -0.439 e. The van der Waals surface area contributed by atoms with E-state index in [2.05, 4.69) is 4.98 Å². The molecule has 0 fully saturated rings. The molecule has 0 aliphatic rings. The van der Waals surface area contributed by atoms with Crippen LogP contribution in [0.1, 0.15) is 19.7 Å². The molecular weight excluding hydrogens is 276 g/mol. The molecule has 0 unspecified atom stereocenters. The van der Waals surface area contributed by atoms with Gasteiger partial charge in [-0.15, -0.1) is 0 Å². The highest BCUT2D eigenvalue weighted by Gasteiger charge is 2.19. The van der Waals surface area contributed by atoms with E-state index in [-0.39, 0.29) is 17.5 Å². The summed E-state index contributed by atoms with van der Waals surface area (Å²) in [5, 5.41) is 0. The number of nitrogens with zero attached hydrogens (tertiary/aromatic N) is 2. The molecule has 0 saturated heterocycles. The van der Waals surface area contributed by atoms with Crippen LogP contribution >= 0.6 is 0 Å². The zero-order chi connectivity index (χ0) is 14.8. The van der Waals surface area contributed by atoms with Crippen molar-refractivity contribution in [1.29, 1.82) is 0 Å². The Morgan fingerprint density at radius 2 is 2.05 bits per heavy atom. The van der Waals surface area contributed by atoms with E-state index in [0.29, 0.717) is 12.4 Å². The van der Waals surface area contributed by atoms with Crippen molar-refractivity contribution in [1.82, 2.24) is 9.88 Å². The molecule has 0 saturated carbocycles. The SMILES string of the molecule is CCS(=O)(=O)C[C@@H](C)N(C)Cc1nc2ccccc2o1. The summed E-state index contributed by atoms with van der Waals surface area (Å²) in [5.41, 5.74) is 1.58. The summed E-state index contributed by atoms with van der Waals surface area (Å²) in [7, 11) is -1.09. The molecule has 1 aromatic heterocycles. The molecule has 0 aliphatic heterocycles. The van der Waals surface area contributed by atoms with Crippen LogP contribution in [0.2, 0.25) is 0 Å². The molecule has 0 aliphatic carbocycles. The largest absolute Gasteiger partial charge is 0.439 e. The van der Waals surface area contributed by atoms with E-state index in [1.807, 2.05) is 43.1 Å². The number of rotatable bonds is 6. The molecule has 0 N–H and O–H groups in total. The molecule has 6 heteroatoms. The average molecular weight is 296 g/mol. The monoisotopic (exact) mass is 296 g/mol. The summed E-state index contributed by atoms with van der Waals surface area (Å²) in [6.07, 6.45) is 0. The number of hydrogen-bond donors (Lipinski definition) is 0. The predicted molar refractivity (Wildman–Crippen MR) is 79.3 cm³/mol. The Hall–Kier alpha value is -1.40. The van der Waals surface area contributed by atoms with Crippen LogP contribution in [0, 0.1) is 0 Å². The van der Waals surface area contributed by atoms with Crippen LogP contribution in [0.4, 0.5) is 0 Å². The number of hydrogen-bond acceptors (Lipinski definition) is 5. The fourth-order valence-electron chi connectivity index (χ4n) is 1.97. The molecule has 1 aromatic carbocycles. The van der Waals surface area contributed by atoms with Crippen LogP contribution in [-0.2, 0) is 16.4 Å². The van der Waals surface area contributed by atoms with Gasteiger partial charge in [0.15, 0.2) is 15.4 Å². The van der Waals surface area contributed by atoms with Gasteiger partial charge in [-0.25, -0.2) is 13.4 Å². The molecule has 0 amide bonds. The summed E-state index contributed by atoms with van der Waals surface area (Å²) >= 11 is 0. The van der Waals surface area contributed by atoms with Gasteiger partial charge in [0, 0.05) is 11.8 Å². The van der Waals surface area contributed by atoms with E-state index < -0.39 is 9.84 Å². The molecule has 0 radical (unpaired) electrons. The average Bonchev–Trinajstić information content (AvgIpc) is 2.80. The fourth-order valence-corrected chi connectivity index (χ4v) is 3.19. The normalized spacial score (nSPS) is 14.0. The summed E-state index contributed by atoms with van der Waals surface area (Å²) in [5.74, 6) is 0.934. The lowest BCUT2D eigenvalue weighted by Gasteiger charge is -2.22. The van der Waals surface area contributed by atoms with Gasteiger partial charge in [0.25, 0.3) is 0 Å². The smallest absolute Gasteiger partial charge is 0.209 e. The van der Waals surface area contributed by atoms with E-state index in [1.165, 1.54) is 0 Å². The van der Waals surface area contributed by atoms with Crippen LogP contribution in [0.3, 0.4) is 0 Å². The lowest BCUT2D eigenvalue weighted by molar-refractivity contribution is 0.243. The molecule has 1 heterocycles. The minimum atomic E-state index is -2.97. The highest BCUT2D eigenvalue weighted by atomic mass is 32.2. The van der Waals surface area contributed by atoms with Gasteiger partial charge in [0.1, 0.15) is 5.52 Å². The first-order valence-electron chi connectivity index (χ1n) is 6.66. The third kappa shape index (κ3) is 3.58. The van der Waals surface area contributed by atoms with Crippen molar-refractivity contribution in [3.8, 4) is 0 Å². The van der Waals surface area contributed by atoms with Gasteiger partial charge in [0.05, 0.1) is 12.3 Å². The summed E-state index contributed by atoms with van der Waals surface area (Å²) in [6.45, 7) is 4.06. The van der Waals surface area contributed by atoms with Crippen LogP contribution in [-0.4, -0.2) is 42.9 Å². The maximum atomic E-state index is 11.6. The first-order valence-corrected chi connectivity index (χ1v) is 8.48. The van der Waals surface area contributed by atoms with Crippen LogP contribution in [0.25, 0.3) is 11.1 Å². The van der Waals surface area contributed by atoms with Crippen molar-refractivity contribution in [2.45, 2.75) is 26.4 Å². The Morgan fingerprint density at radius 3 is 2.70 bits per heavy atom. The highest BCUT2D eigenvalue weighted by Crippen LogP contribution is 2.16. The molecule has 0 bridgehead atoms. The number of oxazole rings is 1. The first kappa shape index (κ1) is 15.0. The van der Waals surface area contributed by atoms with Crippen molar-refractivity contribution in [2.24, 2.45) is 0 Å². The van der Waals surface area contributed by atoms with Crippen molar-refractivity contribution >= 4 is 20.9 Å². The Morgan fingerprint density at radius 1 is 1.35 bits per heavy atom. The van der Waals surface area contributed by atoms with E-state index in [1.54, 1.807) is 6.92 Å². The second-order valence-corrected chi connectivity index (χ2v) is 7.44. The molecular formula is C14H20N2O3S. The lowest BCUT2D eigenvalue weighted by atomic mass is 10.3. The number of aromatic nitrogens is 1. The third-order valence-corrected chi connectivity index (χ3v) is 5.28. The summed E-state index contributed by atoms with van der Waals surface area (Å²) in [6, 6.07) is 7.51. The lowest BCUT2D eigenvalue weighted by Crippen LogP contribution is -2.35. The predicted octanol–water partition coefficient (Wildman–Crippen LogP) is 2.08. The van der Waals surface area contributed by atoms with Crippen molar-refractivity contribution < 1.29 is 12.8 Å². The molecule has 20 heavy (non-hydrogen) atoms. The Balaban J connectivity index is 2.05. The van der Waals surface area contributed by atoms with Gasteiger partial charge >= 0.3 is 0 Å². The Labute approximate surface area is 119 Å². The van der Waals surface area contributed by atoms with Gasteiger partial charge in [-0.2, -0.15) is 0 Å². The van der Waals surface area contributed by atoms with E-state index in [0.717, 1.165) is 11.1 Å². The number of fused-ring (bicyclic) bond motifs is 1. The van der Waals surface area contributed by atoms with Gasteiger partial charge in [0.2, 0.25) is 5.89 Å². The van der Waals surface area contributed by atoms with Crippen LogP contribution in [0.5, 0.6) is 0 Å². The van der Waals surface area contributed by atoms with Crippen LogP contribution in [0.15, 0.2) is 28.7 Å². The van der Waals surface area contributed by atoms with E-state index in [4.69, 9.17) is 4.42 Å². The first-order chi connectivity index (χ1) is 9.41. The second-order valence-electron chi connectivity index (χ2n) is 5.04. The zero-order valence-electron chi connectivity index (χ0n) is 12.0. The second kappa shape index (κ2) is 5.93. The Bertz CT molecular complexity index is 646. The van der Waals surface area contributed by atoms with Crippen molar-refractivity contribution in [3.63, 3.8) is 0 Å². The van der Waals surface area contributed by atoms with Crippen LogP contribution < -0.4 is 0 Å². The number of benzene rings is 1. The molecule has 0 spiro atoms. The number of para-hydroxylation sites is 2. The number of sulfone groups is 1. The topological polar surface area (TPSA) is 63.4 Å². The molecule has 2 rings (SSSR count). The Kier molecular flexibility index (Phi) is 4.45. The molecule has 2 aromatic rings. The van der Waals surface area contributed by atoms with E-state index in [9.17, 15) is 8.42 Å². The minimum absolute atomic E-state index is 0.0741. The van der Waals surface area contributed by atoms with Gasteiger partial charge in [-0.05, 0) is 26.1 Å². The van der Waals surface area contributed by atoms with Gasteiger partial charge < -0.3 is 4.42 Å². The zero-order valence-corrected chi connectivity index (χ0v) is 12.9.